The van der Waals surface area contributed by atoms with Gasteiger partial charge in [0.05, 0.1) is 42.2 Å². The van der Waals surface area contributed by atoms with Crippen LogP contribution >= 0.6 is 0 Å². The number of hydrogen-bond acceptors (Lipinski definition) is 9. The Balaban J connectivity index is 1.66. The molecule has 3 aromatic carbocycles. The van der Waals surface area contributed by atoms with Crippen molar-refractivity contribution in [3.63, 3.8) is 0 Å². The fourth-order valence-electron chi connectivity index (χ4n) is 3.97. The predicted molar refractivity (Wildman–Crippen MR) is 146 cm³/mol. The van der Waals surface area contributed by atoms with Gasteiger partial charge in [-0.1, -0.05) is 18.2 Å². The number of anilines is 4. The van der Waals surface area contributed by atoms with E-state index in [1.165, 1.54) is 25.0 Å². The Morgan fingerprint density at radius 2 is 1.69 bits per heavy atom. The molecule has 1 amide bonds. The molecular weight excluding hydrogens is 522 g/mol. The van der Waals surface area contributed by atoms with Gasteiger partial charge in [0.2, 0.25) is 5.82 Å². The Hall–Kier alpha value is -5.01. The van der Waals surface area contributed by atoms with Crippen molar-refractivity contribution in [1.82, 2.24) is 19.5 Å². The maximum Gasteiger partial charge on any atom is 0.285 e. The zero-order valence-electron chi connectivity index (χ0n) is 20.8. The number of carbonyl (C=O) groups excluding carboxylic acids is 1. The molecule has 2 aromatic heterocycles. The molecule has 1 atom stereocenters. The molecule has 2 heterocycles. The summed E-state index contributed by atoms with van der Waals surface area (Å²) >= 11 is -2.82. The summed E-state index contributed by atoms with van der Waals surface area (Å²) in [5, 5.41) is 3.16. The van der Waals surface area contributed by atoms with Gasteiger partial charge >= 0.3 is 0 Å². The Kier molecular flexibility index (Phi) is 7.08. The first kappa shape index (κ1) is 25.6. The van der Waals surface area contributed by atoms with Crippen molar-refractivity contribution in [2.24, 2.45) is 5.73 Å². The van der Waals surface area contributed by atoms with Crippen LogP contribution in [0.5, 0.6) is 11.5 Å². The molecule has 0 saturated heterocycles. The summed E-state index contributed by atoms with van der Waals surface area (Å²) in [6.45, 7) is 0. The maximum absolute atomic E-state index is 12.7. The molecule has 5 aromatic rings. The van der Waals surface area contributed by atoms with Crippen LogP contribution in [0, 0.1) is 0 Å². The SMILES string of the molecule is COc1cc(Nc2nc3ccccc3nc2N(c2cccc(-n3ccnc3C(N)=O)c2)S(=O)[O-])cc(OC)c1. The van der Waals surface area contributed by atoms with Gasteiger partial charge < -0.3 is 25.1 Å². The summed E-state index contributed by atoms with van der Waals surface area (Å²) in [6, 6.07) is 18.7. The largest absolute Gasteiger partial charge is 0.755 e. The van der Waals surface area contributed by atoms with Gasteiger partial charge in [-0.15, -0.1) is 0 Å². The monoisotopic (exact) mass is 544 g/mol. The van der Waals surface area contributed by atoms with E-state index >= 15 is 0 Å². The lowest BCUT2D eigenvalue weighted by Gasteiger charge is -2.27. The number of nitrogens with one attached hydrogen (secondary N) is 1. The molecule has 0 radical (unpaired) electrons. The summed E-state index contributed by atoms with van der Waals surface area (Å²) < 4.78 is 38.6. The molecule has 0 spiro atoms. The minimum Gasteiger partial charge on any atom is -0.755 e. The van der Waals surface area contributed by atoms with Crippen LogP contribution < -0.4 is 24.8 Å². The molecule has 0 aliphatic rings. The van der Waals surface area contributed by atoms with Crippen LogP contribution in [0.2, 0.25) is 0 Å². The molecule has 0 saturated carbocycles. The Bertz CT molecular complexity index is 1690. The topological polar surface area (TPSA) is 161 Å². The van der Waals surface area contributed by atoms with Crippen molar-refractivity contribution in [3.8, 4) is 17.2 Å². The minimum atomic E-state index is -2.82. The van der Waals surface area contributed by atoms with Crippen molar-refractivity contribution in [2.45, 2.75) is 0 Å². The number of methoxy groups -OCH3 is 2. The van der Waals surface area contributed by atoms with E-state index in [4.69, 9.17) is 15.2 Å². The highest BCUT2D eigenvalue weighted by molar-refractivity contribution is 7.81. The fourth-order valence-corrected chi connectivity index (χ4v) is 4.53. The lowest BCUT2D eigenvalue weighted by atomic mass is 10.2. The van der Waals surface area contributed by atoms with Crippen LogP contribution in [0.25, 0.3) is 16.7 Å². The van der Waals surface area contributed by atoms with Gasteiger partial charge in [0.1, 0.15) is 11.5 Å². The van der Waals surface area contributed by atoms with E-state index < -0.39 is 17.2 Å². The molecule has 0 bridgehead atoms. The highest BCUT2D eigenvalue weighted by Gasteiger charge is 2.21. The first-order valence-corrected chi connectivity index (χ1v) is 12.5. The third-order valence-electron chi connectivity index (χ3n) is 5.71. The Morgan fingerprint density at radius 3 is 2.33 bits per heavy atom. The van der Waals surface area contributed by atoms with E-state index in [1.54, 1.807) is 66.9 Å². The number of aromatic nitrogens is 4. The second-order valence-corrected chi connectivity index (χ2v) is 8.93. The van der Waals surface area contributed by atoms with Gasteiger partial charge in [0.15, 0.2) is 11.6 Å². The molecule has 3 N–H and O–H groups in total. The number of ether oxygens (including phenoxy) is 2. The van der Waals surface area contributed by atoms with Crippen LogP contribution in [0.1, 0.15) is 10.6 Å². The number of nitrogens with zero attached hydrogens (tertiary/aromatic N) is 5. The first-order chi connectivity index (χ1) is 18.9. The number of amides is 1. The summed E-state index contributed by atoms with van der Waals surface area (Å²) in [5.41, 5.74) is 7.72. The lowest BCUT2D eigenvalue weighted by molar-refractivity contribution is 0.0989. The number of imidazole rings is 1. The first-order valence-electron chi connectivity index (χ1n) is 11.5. The van der Waals surface area contributed by atoms with Crippen molar-refractivity contribution >= 4 is 51.2 Å². The number of rotatable bonds is 9. The number of nitrogens with two attached hydrogens (primary N) is 1. The van der Waals surface area contributed by atoms with Crippen molar-refractivity contribution in [1.29, 1.82) is 0 Å². The number of hydrogen-bond donors (Lipinski definition) is 2. The number of primary amides is 1. The van der Waals surface area contributed by atoms with Gasteiger partial charge in [0.25, 0.3) is 5.91 Å². The van der Waals surface area contributed by atoms with E-state index in [9.17, 15) is 13.6 Å². The molecule has 12 nitrogen and oxygen atoms in total. The van der Waals surface area contributed by atoms with Crippen LogP contribution in [0.4, 0.5) is 23.0 Å². The van der Waals surface area contributed by atoms with Gasteiger partial charge in [-0.2, -0.15) is 0 Å². The third kappa shape index (κ3) is 5.21. The number of para-hydroxylation sites is 2. The van der Waals surface area contributed by atoms with Crippen molar-refractivity contribution < 1.29 is 23.0 Å². The van der Waals surface area contributed by atoms with Crippen molar-refractivity contribution in [3.05, 3.63) is 84.9 Å². The number of fused-ring (bicyclic) bond motifs is 1. The fraction of sp³-hybridized carbons (Fsp3) is 0.0769. The second-order valence-electron chi connectivity index (χ2n) is 8.13. The van der Waals surface area contributed by atoms with Crippen LogP contribution in [-0.2, 0) is 11.3 Å². The summed E-state index contributed by atoms with van der Waals surface area (Å²) in [5.74, 6) is 0.502. The Labute approximate surface area is 225 Å². The number of benzene rings is 3. The molecule has 0 aliphatic carbocycles. The van der Waals surface area contributed by atoms with Crippen LogP contribution in [0.3, 0.4) is 0 Å². The lowest BCUT2D eigenvalue weighted by Crippen LogP contribution is -2.23. The van der Waals surface area contributed by atoms with E-state index in [1.807, 2.05) is 6.07 Å². The molecule has 39 heavy (non-hydrogen) atoms. The van der Waals surface area contributed by atoms with E-state index in [0.717, 1.165) is 4.31 Å². The maximum atomic E-state index is 12.7. The third-order valence-corrected chi connectivity index (χ3v) is 6.39. The predicted octanol–water partition coefficient (Wildman–Crippen LogP) is 3.61. The zero-order valence-corrected chi connectivity index (χ0v) is 21.6. The minimum absolute atomic E-state index is 0.00164. The highest BCUT2D eigenvalue weighted by Crippen LogP contribution is 2.36. The van der Waals surface area contributed by atoms with Gasteiger partial charge in [-0.25, -0.2) is 15.0 Å². The second kappa shape index (κ2) is 10.8. The molecule has 0 aliphatic heterocycles. The molecule has 13 heteroatoms. The standard InChI is InChI=1S/C26H23N7O5S/c1-37-19-12-16(13-20(15-19)38-2)29-24-26(31-22-9-4-3-8-21(22)30-24)33(39(35)36)18-7-5-6-17(14-18)32-11-10-28-25(32)23(27)34/h3-15H,1-2H3,(H2,27,34)(H,29,30)(H,35,36)/p-1. The molecule has 1 unspecified atom stereocenters. The summed E-state index contributed by atoms with van der Waals surface area (Å²) in [7, 11) is 3.05. The van der Waals surface area contributed by atoms with E-state index in [0.29, 0.717) is 33.9 Å². The average molecular weight is 545 g/mol. The number of carbonyl (C=O) groups is 1. The molecule has 5 rings (SSSR count). The van der Waals surface area contributed by atoms with Crippen molar-refractivity contribution in [2.75, 3.05) is 23.8 Å². The van der Waals surface area contributed by atoms with Gasteiger partial charge in [-0.3, -0.25) is 17.9 Å². The molecule has 0 fully saturated rings. The average Bonchev–Trinajstić information content (AvgIpc) is 3.44. The molecular formula is C26H22N7O5S-. The zero-order chi connectivity index (χ0) is 27.5. The summed E-state index contributed by atoms with van der Waals surface area (Å²) in [6.07, 6.45) is 2.98. The van der Waals surface area contributed by atoms with E-state index in [2.05, 4.69) is 20.3 Å². The van der Waals surface area contributed by atoms with Gasteiger partial charge in [0, 0.05) is 42.0 Å². The normalized spacial score (nSPS) is 11.7. The molecule has 198 valence electrons. The van der Waals surface area contributed by atoms with Gasteiger partial charge in [-0.05, 0) is 30.3 Å². The smallest absolute Gasteiger partial charge is 0.285 e. The highest BCUT2D eigenvalue weighted by atomic mass is 32.2. The van der Waals surface area contributed by atoms with E-state index in [-0.39, 0.29) is 23.1 Å². The van der Waals surface area contributed by atoms with Crippen LogP contribution in [-0.4, -0.2) is 48.4 Å². The summed E-state index contributed by atoms with van der Waals surface area (Å²) in [4.78, 5) is 25.1. The Morgan fingerprint density at radius 1 is 1.00 bits per heavy atom. The quantitative estimate of drug-likeness (QED) is 0.264. The van der Waals surface area contributed by atoms with Crippen LogP contribution in [0.15, 0.2) is 79.1 Å².